The van der Waals surface area contributed by atoms with E-state index in [0.717, 1.165) is 62.4 Å². The predicted octanol–water partition coefficient (Wildman–Crippen LogP) is 2.22. The minimum absolute atomic E-state index is 0.162. The first-order valence-electron chi connectivity index (χ1n) is 9.32. The Morgan fingerprint density at radius 2 is 1.85 bits per heavy atom. The molecule has 2 saturated heterocycles. The van der Waals surface area contributed by atoms with Gasteiger partial charge in [-0.25, -0.2) is 0 Å². The molecule has 136 valence electrons. The second-order valence-corrected chi connectivity index (χ2v) is 6.91. The number of hydrogen-bond acceptors (Lipinski definition) is 5. The van der Waals surface area contributed by atoms with Crippen molar-refractivity contribution in [3.8, 4) is 17.0 Å². The maximum atomic E-state index is 12.1. The lowest BCUT2D eigenvalue weighted by atomic mass is 10.1. The number of piperidine rings is 1. The fourth-order valence-corrected chi connectivity index (χ4v) is 3.43. The first-order chi connectivity index (χ1) is 12.8. The molecule has 6 heteroatoms. The zero-order valence-corrected chi connectivity index (χ0v) is 14.9. The third-order valence-corrected chi connectivity index (χ3v) is 5.12. The van der Waals surface area contributed by atoms with E-state index in [2.05, 4.69) is 14.9 Å². The number of likely N-dealkylation sites (tertiary alicyclic amines) is 2. The second-order valence-electron chi connectivity index (χ2n) is 6.91. The largest absolute Gasteiger partial charge is 0.488 e. The number of carbonyl (C=O) groups is 1. The van der Waals surface area contributed by atoms with Crippen LogP contribution >= 0.6 is 0 Å². The average molecular weight is 352 g/mol. The zero-order chi connectivity index (χ0) is 17.8. The first-order valence-corrected chi connectivity index (χ1v) is 9.32. The summed E-state index contributed by atoms with van der Waals surface area (Å²) in [4.78, 5) is 24.9. The molecule has 2 aromatic rings. The van der Waals surface area contributed by atoms with Gasteiger partial charge in [-0.2, -0.15) is 0 Å². The summed E-state index contributed by atoms with van der Waals surface area (Å²) in [5, 5.41) is 0. The van der Waals surface area contributed by atoms with E-state index in [1.54, 1.807) is 18.6 Å². The van der Waals surface area contributed by atoms with Gasteiger partial charge in [0.05, 0.1) is 6.54 Å². The van der Waals surface area contributed by atoms with Gasteiger partial charge in [-0.15, -0.1) is 0 Å². The Bertz CT molecular complexity index is 740. The summed E-state index contributed by atoms with van der Waals surface area (Å²) in [5.41, 5.74) is 1.86. The number of rotatable bonds is 5. The van der Waals surface area contributed by atoms with Crippen molar-refractivity contribution in [1.29, 1.82) is 0 Å². The number of ether oxygens (including phenoxy) is 1. The summed E-state index contributed by atoms with van der Waals surface area (Å²) in [5.74, 6) is 1.08. The van der Waals surface area contributed by atoms with E-state index in [1.807, 2.05) is 29.2 Å². The topological polar surface area (TPSA) is 58.6 Å². The van der Waals surface area contributed by atoms with Crippen molar-refractivity contribution < 1.29 is 9.53 Å². The van der Waals surface area contributed by atoms with Crippen molar-refractivity contribution >= 4 is 5.91 Å². The molecule has 26 heavy (non-hydrogen) atoms. The molecule has 2 fully saturated rings. The minimum atomic E-state index is 0.162. The van der Waals surface area contributed by atoms with Crippen LogP contribution in [0.25, 0.3) is 11.3 Å². The van der Waals surface area contributed by atoms with Gasteiger partial charge in [0.2, 0.25) is 5.91 Å². The highest BCUT2D eigenvalue weighted by Crippen LogP contribution is 2.29. The molecule has 0 saturated carbocycles. The smallest absolute Gasteiger partial charge is 0.236 e. The van der Waals surface area contributed by atoms with Gasteiger partial charge in [-0.3, -0.25) is 19.7 Å². The van der Waals surface area contributed by atoms with E-state index in [1.165, 1.54) is 0 Å². The standard InChI is InChI=1S/C20H24N4O2/c25-19(24-11-2-12-24)15-23-13-6-17(7-14-23)26-18-3-1-8-22-20(18)16-4-9-21-10-5-16/h1,3-5,8-10,17H,2,6-7,11-15H2. The van der Waals surface area contributed by atoms with Gasteiger partial charge < -0.3 is 9.64 Å². The van der Waals surface area contributed by atoms with Gasteiger partial charge in [-0.1, -0.05) is 0 Å². The molecule has 0 radical (unpaired) electrons. The van der Waals surface area contributed by atoms with Crippen LogP contribution in [0.15, 0.2) is 42.9 Å². The van der Waals surface area contributed by atoms with Crippen LogP contribution in [0, 0.1) is 0 Å². The van der Waals surface area contributed by atoms with Crippen LogP contribution in [0.3, 0.4) is 0 Å². The van der Waals surface area contributed by atoms with E-state index in [0.29, 0.717) is 6.54 Å². The summed E-state index contributed by atoms with van der Waals surface area (Å²) in [6.45, 7) is 4.19. The van der Waals surface area contributed by atoms with Crippen molar-refractivity contribution in [1.82, 2.24) is 19.8 Å². The highest BCUT2D eigenvalue weighted by atomic mass is 16.5. The number of amides is 1. The van der Waals surface area contributed by atoms with Crippen LogP contribution in [0.2, 0.25) is 0 Å². The van der Waals surface area contributed by atoms with Crippen molar-refractivity contribution in [2.24, 2.45) is 0 Å². The second kappa shape index (κ2) is 7.83. The third kappa shape index (κ3) is 3.85. The van der Waals surface area contributed by atoms with Gasteiger partial charge in [0.15, 0.2) is 0 Å². The van der Waals surface area contributed by atoms with Crippen LogP contribution in [-0.2, 0) is 4.79 Å². The lowest BCUT2D eigenvalue weighted by Gasteiger charge is -2.36. The number of hydrogen-bond donors (Lipinski definition) is 0. The monoisotopic (exact) mass is 352 g/mol. The quantitative estimate of drug-likeness (QED) is 0.826. The Labute approximate surface area is 153 Å². The van der Waals surface area contributed by atoms with Gasteiger partial charge >= 0.3 is 0 Å². The summed E-state index contributed by atoms with van der Waals surface area (Å²) in [6, 6.07) is 7.77. The van der Waals surface area contributed by atoms with E-state index in [9.17, 15) is 4.79 Å². The SMILES string of the molecule is O=C(CN1CCC(Oc2cccnc2-c2ccncc2)CC1)N1CCC1. The van der Waals surface area contributed by atoms with E-state index in [-0.39, 0.29) is 12.0 Å². The molecule has 4 heterocycles. The lowest BCUT2D eigenvalue weighted by molar-refractivity contribution is -0.136. The maximum Gasteiger partial charge on any atom is 0.236 e. The van der Waals surface area contributed by atoms with Crippen molar-refractivity contribution in [2.75, 3.05) is 32.7 Å². The Morgan fingerprint density at radius 1 is 1.08 bits per heavy atom. The van der Waals surface area contributed by atoms with Gasteiger partial charge in [-0.05, 0) is 43.5 Å². The maximum absolute atomic E-state index is 12.1. The Balaban J connectivity index is 1.34. The minimum Gasteiger partial charge on any atom is -0.488 e. The van der Waals surface area contributed by atoms with Gasteiger partial charge in [0, 0.05) is 50.3 Å². The first kappa shape index (κ1) is 17.0. The van der Waals surface area contributed by atoms with Crippen LogP contribution in [0.4, 0.5) is 0 Å². The Kier molecular flexibility index (Phi) is 5.11. The summed E-state index contributed by atoms with van der Waals surface area (Å²) in [6.07, 6.45) is 8.48. The number of carbonyl (C=O) groups excluding carboxylic acids is 1. The molecular formula is C20H24N4O2. The van der Waals surface area contributed by atoms with Gasteiger partial charge in [0.25, 0.3) is 0 Å². The van der Waals surface area contributed by atoms with Crippen LogP contribution in [-0.4, -0.2) is 64.5 Å². The summed E-state index contributed by atoms with van der Waals surface area (Å²) >= 11 is 0. The molecule has 0 N–H and O–H groups in total. The molecule has 1 amide bonds. The van der Waals surface area contributed by atoms with E-state index in [4.69, 9.17) is 4.74 Å². The molecule has 2 aliphatic heterocycles. The third-order valence-electron chi connectivity index (χ3n) is 5.12. The van der Waals surface area contributed by atoms with Crippen LogP contribution < -0.4 is 4.74 Å². The molecule has 0 bridgehead atoms. The van der Waals surface area contributed by atoms with Crippen LogP contribution in [0.5, 0.6) is 5.75 Å². The molecular weight excluding hydrogens is 328 g/mol. The highest BCUT2D eigenvalue weighted by molar-refractivity contribution is 5.78. The number of pyridine rings is 2. The lowest BCUT2D eigenvalue weighted by Crippen LogP contribution is -2.49. The predicted molar refractivity (Wildman–Crippen MR) is 98.8 cm³/mol. The normalized spacial score (nSPS) is 18.4. The highest BCUT2D eigenvalue weighted by Gasteiger charge is 2.26. The number of aromatic nitrogens is 2. The van der Waals surface area contributed by atoms with Crippen molar-refractivity contribution in [3.63, 3.8) is 0 Å². The molecule has 2 aromatic heterocycles. The molecule has 0 aromatic carbocycles. The molecule has 0 aliphatic carbocycles. The molecule has 0 atom stereocenters. The molecule has 6 nitrogen and oxygen atoms in total. The van der Waals surface area contributed by atoms with Crippen molar-refractivity contribution in [2.45, 2.75) is 25.4 Å². The van der Waals surface area contributed by atoms with Crippen molar-refractivity contribution in [3.05, 3.63) is 42.9 Å². The van der Waals surface area contributed by atoms with E-state index < -0.39 is 0 Å². The summed E-state index contributed by atoms with van der Waals surface area (Å²) < 4.78 is 6.27. The Hall–Kier alpha value is -2.47. The average Bonchev–Trinajstić information content (AvgIpc) is 2.63. The Morgan fingerprint density at radius 3 is 2.54 bits per heavy atom. The fraction of sp³-hybridized carbons (Fsp3) is 0.450. The van der Waals surface area contributed by atoms with Crippen LogP contribution in [0.1, 0.15) is 19.3 Å². The molecule has 4 rings (SSSR count). The van der Waals surface area contributed by atoms with E-state index >= 15 is 0 Å². The number of nitrogens with zero attached hydrogens (tertiary/aromatic N) is 4. The summed E-state index contributed by atoms with van der Waals surface area (Å²) in [7, 11) is 0. The zero-order valence-electron chi connectivity index (χ0n) is 14.9. The molecule has 2 aliphatic rings. The fourth-order valence-electron chi connectivity index (χ4n) is 3.43. The van der Waals surface area contributed by atoms with Gasteiger partial charge in [0.1, 0.15) is 17.5 Å². The molecule has 0 spiro atoms. The molecule has 0 unspecified atom stereocenters.